The van der Waals surface area contributed by atoms with E-state index < -0.39 is 5.92 Å². The molecule has 0 aromatic rings. The van der Waals surface area contributed by atoms with Gasteiger partial charge in [-0.1, -0.05) is 0 Å². The third-order valence-corrected chi connectivity index (χ3v) is 5.48. The van der Waals surface area contributed by atoms with Crippen molar-refractivity contribution in [3.8, 4) is 0 Å². The molecule has 104 valence electrons. The molecule has 0 spiro atoms. The SMILES string of the molecule is CSC1CC(=O)C(CN2C(=O)CC(SC)C2=O)C1=O. The maximum atomic E-state index is 12.0. The Labute approximate surface area is 119 Å². The van der Waals surface area contributed by atoms with Gasteiger partial charge in [-0.25, -0.2) is 0 Å². The molecule has 7 heteroatoms. The van der Waals surface area contributed by atoms with Crippen LogP contribution in [0.2, 0.25) is 0 Å². The second kappa shape index (κ2) is 5.66. The molecule has 3 atom stereocenters. The molecule has 1 aliphatic heterocycles. The van der Waals surface area contributed by atoms with Crippen LogP contribution in [0, 0.1) is 5.92 Å². The van der Waals surface area contributed by atoms with E-state index in [1.54, 1.807) is 12.5 Å². The van der Waals surface area contributed by atoms with E-state index in [0.717, 1.165) is 4.90 Å². The van der Waals surface area contributed by atoms with Crippen molar-refractivity contribution in [2.75, 3.05) is 19.1 Å². The normalized spacial score (nSPS) is 31.7. The van der Waals surface area contributed by atoms with Gasteiger partial charge in [-0.2, -0.15) is 23.5 Å². The molecule has 0 bridgehead atoms. The van der Waals surface area contributed by atoms with Crippen molar-refractivity contribution < 1.29 is 19.2 Å². The Morgan fingerprint density at radius 2 is 1.68 bits per heavy atom. The minimum atomic E-state index is -0.814. The number of nitrogens with zero attached hydrogens (tertiary/aromatic N) is 1. The lowest BCUT2D eigenvalue weighted by atomic mass is 10.1. The van der Waals surface area contributed by atoms with Crippen LogP contribution in [-0.4, -0.2) is 57.8 Å². The number of amides is 2. The zero-order valence-electron chi connectivity index (χ0n) is 10.8. The third-order valence-electron chi connectivity index (χ3n) is 3.57. The van der Waals surface area contributed by atoms with Gasteiger partial charge in [0.2, 0.25) is 11.8 Å². The van der Waals surface area contributed by atoms with Gasteiger partial charge in [0.25, 0.3) is 0 Å². The summed E-state index contributed by atoms with van der Waals surface area (Å²) in [4.78, 5) is 48.6. The molecule has 19 heavy (non-hydrogen) atoms. The monoisotopic (exact) mass is 301 g/mol. The number of ketones is 2. The van der Waals surface area contributed by atoms with Crippen molar-refractivity contribution in [1.29, 1.82) is 0 Å². The van der Waals surface area contributed by atoms with E-state index in [0.29, 0.717) is 0 Å². The molecule has 0 radical (unpaired) electrons. The highest BCUT2D eigenvalue weighted by Gasteiger charge is 2.46. The molecular formula is C12H15NO4S2. The first-order chi connectivity index (χ1) is 8.99. The van der Waals surface area contributed by atoms with Crippen LogP contribution < -0.4 is 0 Å². The largest absolute Gasteiger partial charge is 0.299 e. The number of rotatable bonds is 4. The van der Waals surface area contributed by atoms with Crippen LogP contribution in [0.15, 0.2) is 0 Å². The molecule has 0 aromatic carbocycles. The lowest BCUT2D eigenvalue weighted by Gasteiger charge is -2.17. The molecule has 0 aromatic heterocycles. The van der Waals surface area contributed by atoms with Gasteiger partial charge < -0.3 is 0 Å². The minimum absolute atomic E-state index is 0.0660. The highest BCUT2D eigenvalue weighted by atomic mass is 32.2. The standard InChI is InChI=1S/C12H15NO4S2/c1-18-8-3-7(14)6(11(8)16)5-13-10(15)4-9(19-2)12(13)17/h6,8-9H,3-5H2,1-2H3. The summed E-state index contributed by atoms with van der Waals surface area (Å²) in [5.41, 5.74) is 0. The van der Waals surface area contributed by atoms with E-state index in [1.165, 1.54) is 23.5 Å². The van der Waals surface area contributed by atoms with Crippen molar-refractivity contribution in [3.63, 3.8) is 0 Å². The molecule has 3 unspecified atom stereocenters. The molecular weight excluding hydrogens is 286 g/mol. The number of carbonyl (C=O) groups is 4. The summed E-state index contributed by atoms with van der Waals surface area (Å²) < 4.78 is 0. The summed E-state index contributed by atoms with van der Waals surface area (Å²) >= 11 is 2.68. The van der Waals surface area contributed by atoms with E-state index in [2.05, 4.69) is 0 Å². The van der Waals surface area contributed by atoms with E-state index in [1.807, 2.05) is 0 Å². The summed E-state index contributed by atoms with van der Waals surface area (Å²) in [6, 6.07) is 0. The van der Waals surface area contributed by atoms with Gasteiger partial charge in [0, 0.05) is 19.4 Å². The van der Waals surface area contributed by atoms with Crippen LogP contribution in [0.5, 0.6) is 0 Å². The van der Waals surface area contributed by atoms with Crippen molar-refractivity contribution in [3.05, 3.63) is 0 Å². The predicted molar refractivity (Wildman–Crippen MR) is 74.1 cm³/mol. The Morgan fingerprint density at radius 1 is 1.05 bits per heavy atom. The van der Waals surface area contributed by atoms with E-state index >= 15 is 0 Å². The number of hydrogen-bond donors (Lipinski definition) is 0. The van der Waals surface area contributed by atoms with Crippen LogP contribution in [-0.2, 0) is 19.2 Å². The lowest BCUT2D eigenvalue weighted by molar-refractivity contribution is -0.140. The molecule has 0 N–H and O–H groups in total. The second-order valence-electron chi connectivity index (χ2n) is 4.62. The van der Waals surface area contributed by atoms with Gasteiger partial charge >= 0.3 is 0 Å². The first kappa shape index (κ1) is 14.6. The van der Waals surface area contributed by atoms with Crippen molar-refractivity contribution in [1.82, 2.24) is 4.90 Å². The molecule has 2 aliphatic rings. The van der Waals surface area contributed by atoms with Gasteiger partial charge in [-0.15, -0.1) is 0 Å². The fourth-order valence-corrected chi connectivity index (χ4v) is 3.78. The molecule has 2 rings (SSSR count). The van der Waals surface area contributed by atoms with Crippen LogP contribution in [0.4, 0.5) is 0 Å². The van der Waals surface area contributed by atoms with E-state index in [9.17, 15) is 19.2 Å². The smallest absolute Gasteiger partial charge is 0.242 e. The topological polar surface area (TPSA) is 71.5 Å². The highest BCUT2D eigenvalue weighted by Crippen LogP contribution is 2.30. The van der Waals surface area contributed by atoms with Crippen LogP contribution in [0.1, 0.15) is 12.8 Å². The molecule has 5 nitrogen and oxygen atoms in total. The Bertz CT molecular complexity index is 411. The number of thioether (sulfide) groups is 2. The van der Waals surface area contributed by atoms with Gasteiger partial charge in [0.1, 0.15) is 5.78 Å². The van der Waals surface area contributed by atoms with Crippen molar-refractivity contribution in [2.24, 2.45) is 5.92 Å². The molecule has 1 aliphatic carbocycles. The fourth-order valence-electron chi connectivity index (χ4n) is 2.41. The van der Waals surface area contributed by atoms with Gasteiger partial charge in [0.05, 0.1) is 16.4 Å². The summed E-state index contributed by atoms with van der Waals surface area (Å²) in [6.45, 7) is -0.0660. The van der Waals surface area contributed by atoms with Crippen molar-refractivity contribution in [2.45, 2.75) is 23.3 Å². The third kappa shape index (κ3) is 2.58. The van der Waals surface area contributed by atoms with Gasteiger partial charge in [-0.05, 0) is 12.5 Å². The number of likely N-dealkylation sites (tertiary alicyclic amines) is 1. The number of hydrogen-bond acceptors (Lipinski definition) is 6. The summed E-state index contributed by atoms with van der Waals surface area (Å²) in [5.74, 6) is -1.67. The average Bonchev–Trinajstić information content (AvgIpc) is 2.82. The van der Waals surface area contributed by atoms with Gasteiger partial charge in [-0.3, -0.25) is 24.1 Å². The molecule has 2 amide bonds. The molecule has 1 saturated heterocycles. The Morgan fingerprint density at radius 3 is 2.16 bits per heavy atom. The maximum absolute atomic E-state index is 12.0. The fraction of sp³-hybridized carbons (Fsp3) is 0.667. The number of imide groups is 1. The minimum Gasteiger partial charge on any atom is -0.299 e. The van der Waals surface area contributed by atoms with Crippen molar-refractivity contribution >= 4 is 46.9 Å². The molecule has 1 heterocycles. The molecule has 2 fully saturated rings. The quantitative estimate of drug-likeness (QED) is 0.552. The number of Topliss-reactive ketones (excluding diaryl/α,β-unsaturated/α-hetero) is 2. The summed E-state index contributed by atoms with van der Waals surface area (Å²) in [5, 5.41) is -0.683. The Balaban J connectivity index is 2.09. The van der Waals surface area contributed by atoms with Crippen LogP contribution in [0.25, 0.3) is 0 Å². The highest BCUT2D eigenvalue weighted by molar-refractivity contribution is 8.00. The first-order valence-electron chi connectivity index (χ1n) is 5.95. The second-order valence-corrected chi connectivity index (χ2v) is 6.70. The van der Waals surface area contributed by atoms with Crippen LogP contribution in [0.3, 0.4) is 0 Å². The molecule has 1 saturated carbocycles. The average molecular weight is 301 g/mol. The Kier molecular flexibility index (Phi) is 4.35. The number of carbonyl (C=O) groups excluding carboxylic acids is 4. The first-order valence-corrected chi connectivity index (χ1v) is 8.53. The van der Waals surface area contributed by atoms with Gasteiger partial charge in [0.15, 0.2) is 5.78 Å². The summed E-state index contributed by atoms with van der Waals surface area (Å²) in [7, 11) is 0. The lowest BCUT2D eigenvalue weighted by Crippen LogP contribution is -2.39. The zero-order valence-corrected chi connectivity index (χ0v) is 12.4. The predicted octanol–water partition coefficient (Wildman–Crippen LogP) is 0.367. The maximum Gasteiger partial charge on any atom is 0.242 e. The Hall–Kier alpha value is -0.820. The van der Waals surface area contributed by atoms with E-state index in [4.69, 9.17) is 0 Å². The zero-order chi connectivity index (χ0) is 14.2. The summed E-state index contributed by atoms with van der Waals surface area (Å²) in [6.07, 6.45) is 3.94. The van der Waals surface area contributed by atoms with E-state index in [-0.39, 0.29) is 53.3 Å². The van der Waals surface area contributed by atoms with Crippen LogP contribution >= 0.6 is 23.5 Å².